The number of pyridine rings is 1. The van der Waals surface area contributed by atoms with E-state index in [1.165, 1.54) is 0 Å². The third kappa shape index (κ3) is 3.12. The molecule has 0 aliphatic rings. The first-order valence-electron chi connectivity index (χ1n) is 7.71. The largest absolute Gasteiger partial charge is 0.367 e. The fraction of sp³-hybridized carbons (Fsp3) is 0.0556. The van der Waals surface area contributed by atoms with Crippen LogP contribution in [0.3, 0.4) is 0 Å². The molecule has 124 valence electrons. The Morgan fingerprint density at radius 3 is 2.92 bits per heavy atom. The van der Waals surface area contributed by atoms with Gasteiger partial charge in [-0.05, 0) is 35.9 Å². The van der Waals surface area contributed by atoms with Crippen LogP contribution in [0, 0.1) is 0 Å². The van der Waals surface area contributed by atoms with Gasteiger partial charge in [0.15, 0.2) is 11.5 Å². The van der Waals surface area contributed by atoms with Gasteiger partial charge in [0.2, 0.25) is 0 Å². The highest BCUT2D eigenvalue weighted by Crippen LogP contribution is 2.18. The molecule has 3 aromatic heterocycles. The van der Waals surface area contributed by atoms with E-state index in [9.17, 15) is 4.79 Å². The van der Waals surface area contributed by atoms with Gasteiger partial charge in [-0.3, -0.25) is 9.20 Å². The SMILES string of the molecule is O=C(NCc1cccc(Cl)c1)c1ccc2nnc(-c3cc[nH]c3)n2c1. The molecule has 6 nitrogen and oxygen atoms in total. The molecule has 2 N–H and O–H groups in total. The number of amides is 1. The molecule has 1 amide bonds. The predicted octanol–water partition coefficient (Wildman–Crippen LogP) is 3.31. The number of carbonyl (C=O) groups is 1. The highest BCUT2D eigenvalue weighted by Gasteiger charge is 2.12. The summed E-state index contributed by atoms with van der Waals surface area (Å²) in [6.45, 7) is 0.407. The van der Waals surface area contributed by atoms with Gasteiger partial charge in [0.25, 0.3) is 5.91 Å². The molecule has 4 aromatic rings. The van der Waals surface area contributed by atoms with Crippen molar-refractivity contribution in [2.45, 2.75) is 6.54 Å². The molecule has 0 unspecified atom stereocenters. The van der Waals surface area contributed by atoms with E-state index in [2.05, 4.69) is 20.5 Å². The van der Waals surface area contributed by atoms with Crippen LogP contribution in [0.4, 0.5) is 0 Å². The summed E-state index contributed by atoms with van der Waals surface area (Å²) >= 11 is 5.96. The maximum absolute atomic E-state index is 12.5. The summed E-state index contributed by atoms with van der Waals surface area (Å²) < 4.78 is 1.80. The lowest BCUT2D eigenvalue weighted by atomic mass is 10.2. The smallest absolute Gasteiger partial charge is 0.253 e. The zero-order chi connectivity index (χ0) is 17.2. The molecule has 7 heteroatoms. The summed E-state index contributed by atoms with van der Waals surface area (Å²) in [7, 11) is 0. The van der Waals surface area contributed by atoms with E-state index in [-0.39, 0.29) is 5.91 Å². The number of carbonyl (C=O) groups excluding carboxylic acids is 1. The number of hydrogen-bond donors (Lipinski definition) is 2. The molecule has 0 fully saturated rings. The fourth-order valence-corrected chi connectivity index (χ4v) is 2.83. The minimum Gasteiger partial charge on any atom is -0.367 e. The topological polar surface area (TPSA) is 75.1 Å². The van der Waals surface area contributed by atoms with Crippen LogP contribution in [0.25, 0.3) is 17.0 Å². The number of nitrogens with one attached hydrogen (secondary N) is 2. The van der Waals surface area contributed by atoms with Gasteiger partial charge in [-0.15, -0.1) is 10.2 Å². The first kappa shape index (κ1) is 15.4. The summed E-state index contributed by atoms with van der Waals surface area (Å²) in [5.74, 6) is 0.510. The number of nitrogens with zero attached hydrogens (tertiary/aromatic N) is 3. The third-order valence-electron chi connectivity index (χ3n) is 3.86. The van der Waals surface area contributed by atoms with Gasteiger partial charge >= 0.3 is 0 Å². The van der Waals surface area contributed by atoms with Crippen molar-refractivity contribution in [1.29, 1.82) is 0 Å². The Morgan fingerprint density at radius 2 is 2.12 bits per heavy atom. The van der Waals surface area contributed by atoms with E-state index in [4.69, 9.17) is 11.6 Å². The highest BCUT2D eigenvalue weighted by molar-refractivity contribution is 6.30. The Kier molecular flexibility index (Phi) is 3.95. The van der Waals surface area contributed by atoms with Crippen molar-refractivity contribution in [1.82, 2.24) is 24.9 Å². The van der Waals surface area contributed by atoms with Crippen molar-refractivity contribution in [3.8, 4) is 11.4 Å². The summed E-state index contributed by atoms with van der Waals surface area (Å²) in [5, 5.41) is 11.9. The van der Waals surface area contributed by atoms with Crippen molar-refractivity contribution in [3.63, 3.8) is 0 Å². The molecule has 0 saturated heterocycles. The Hall–Kier alpha value is -3.12. The van der Waals surface area contributed by atoms with E-state index < -0.39 is 0 Å². The van der Waals surface area contributed by atoms with Gasteiger partial charge in [0.05, 0.1) is 5.56 Å². The Labute approximate surface area is 148 Å². The zero-order valence-corrected chi connectivity index (χ0v) is 13.9. The quantitative estimate of drug-likeness (QED) is 0.592. The highest BCUT2D eigenvalue weighted by atomic mass is 35.5. The number of halogens is 1. The van der Waals surface area contributed by atoms with Gasteiger partial charge in [-0.25, -0.2) is 0 Å². The average molecular weight is 352 g/mol. The van der Waals surface area contributed by atoms with Crippen molar-refractivity contribution in [2.24, 2.45) is 0 Å². The van der Waals surface area contributed by atoms with Crippen LogP contribution in [-0.4, -0.2) is 25.5 Å². The standard InChI is InChI=1S/C18H14ClN5O/c19-15-3-1-2-12(8-15)9-21-18(25)14-4-5-16-22-23-17(24(16)11-14)13-6-7-20-10-13/h1-8,10-11,20H,9H2,(H,21,25). The first-order chi connectivity index (χ1) is 12.2. The van der Waals surface area contributed by atoms with Crippen molar-refractivity contribution in [2.75, 3.05) is 0 Å². The minimum absolute atomic E-state index is 0.171. The molecule has 4 rings (SSSR count). The number of benzene rings is 1. The van der Waals surface area contributed by atoms with Crippen LogP contribution < -0.4 is 5.32 Å². The molecule has 0 aliphatic carbocycles. The minimum atomic E-state index is -0.171. The van der Waals surface area contributed by atoms with Crippen LogP contribution in [-0.2, 0) is 6.54 Å². The van der Waals surface area contributed by atoms with Gasteiger partial charge in [-0.2, -0.15) is 0 Å². The van der Waals surface area contributed by atoms with Gasteiger partial charge in [-0.1, -0.05) is 23.7 Å². The molecule has 25 heavy (non-hydrogen) atoms. The van der Waals surface area contributed by atoms with Gasteiger partial charge in [0.1, 0.15) is 0 Å². The lowest BCUT2D eigenvalue weighted by molar-refractivity contribution is 0.0950. The number of aromatic nitrogens is 4. The molecule has 0 spiro atoms. The van der Waals surface area contributed by atoms with Crippen molar-refractivity contribution >= 4 is 23.2 Å². The summed E-state index contributed by atoms with van der Waals surface area (Å²) in [4.78, 5) is 15.5. The van der Waals surface area contributed by atoms with Crippen LogP contribution in [0.5, 0.6) is 0 Å². The molecule has 0 bridgehead atoms. The second-order valence-electron chi connectivity index (χ2n) is 5.58. The second-order valence-corrected chi connectivity index (χ2v) is 6.02. The van der Waals surface area contributed by atoms with Crippen molar-refractivity contribution in [3.05, 3.63) is 77.2 Å². The normalized spacial score (nSPS) is 10.9. The molecular formula is C18H14ClN5O. The summed E-state index contributed by atoms with van der Waals surface area (Å²) in [6, 6.07) is 12.8. The number of aromatic amines is 1. The number of H-pyrrole nitrogens is 1. The second kappa shape index (κ2) is 6.41. The zero-order valence-electron chi connectivity index (χ0n) is 13.1. The van der Waals surface area contributed by atoms with Gasteiger partial charge in [0, 0.05) is 35.7 Å². The lowest BCUT2D eigenvalue weighted by Gasteiger charge is -2.07. The monoisotopic (exact) mass is 351 g/mol. The molecule has 3 heterocycles. The van der Waals surface area contributed by atoms with Crippen LogP contribution >= 0.6 is 11.6 Å². The van der Waals surface area contributed by atoms with E-state index >= 15 is 0 Å². The fourth-order valence-electron chi connectivity index (χ4n) is 2.62. The number of fused-ring (bicyclic) bond motifs is 1. The Morgan fingerprint density at radius 1 is 1.20 bits per heavy atom. The molecule has 0 saturated carbocycles. The van der Waals surface area contributed by atoms with Crippen molar-refractivity contribution < 1.29 is 4.79 Å². The van der Waals surface area contributed by atoms with E-state index in [0.29, 0.717) is 28.6 Å². The average Bonchev–Trinajstić information content (AvgIpc) is 3.28. The molecule has 0 atom stereocenters. The molecular weight excluding hydrogens is 338 g/mol. The predicted molar refractivity (Wildman–Crippen MR) is 95.4 cm³/mol. The summed E-state index contributed by atoms with van der Waals surface area (Å²) in [6.07, 6.45) is 5.39. The van der Waals surface area contributed by atoms with E-state index in [0.717, 1.165) is 11.1 Å². The third-order valence-corrected chi connectivity index (χ3v) is 4.10. The number of hydrogen-bond acceptors (Lipinski definition) is 3. The molecule has 0 aliphatic heterocycles. The maximum atomic E-state index is 12.5. The lowest BCUT2D eigenvalue weighted by Crippen LogP contribution is -2.23. The Bertz CT molecular complexity index is 1040. The Balaban J connectivity index is 1.58. The maximum Gasteiger partial charge on any atom is 0.253 e. The molecule has 1 aromatic carbocycles. The summed E-state index contributed by atoms with van der Waals surface area (Å²) in [5.41, 5.74) is 3.07. The van der Waals surface area contributed by atoms with Crippen LogP contribution in [0.2, 0.25) is 5.02 Å². The van der Waals surface area contributed by atoms with E-state index in [1.807, 2.05) is 36.7 Å². The van der Waals surface area contributed by atoms with Crippen LogP contribution in [0.15, 0.2) is 61.1 Å². The molecule has 0 radical (unpaired) electrons. The first-order valence-corrected chi connectivity index (χ1v) is 8.09. The van der Waals surface area contributed by atoms with E-state index in [1.54, 1.807) is 28.8 Å². The number of rotatable bonds is 4. The van der Waals surface area contributed by atoms with Gasteiger partial charge < -0.3 is 10.3 Å². The van der Waals surface area contributed by atoms with Crippen LogP contribution in [0.1, 0.15) is 15.9 Å².